The number of ether oxygens (including phenoxy) is 3. The maximum Gasteiger partial charge on any atom is 0.323 e. The van der Waals surface area contributed by atoms with Crippen LogP contribution in [0.3, 0.4) is 0 Å². The van der Waals surface area contributed by atoms with Crippen LogP contribution in [0.5, 0.6) is 5.75 Å². The smallest absolute Gasteiger partial charge is 0.323 e. The minimum absolute atomic E-state index is 0.213. The number of rotatable bonds is 10. The van der Waals surface area contributed by atoms with E-state index in [2.05, 4.69) is 0 Å². The minimum Gasteiger partial charge on any atom is -0.489 e. The van der Waals surface area contributed by atoms with E-state index in [1.165, 1.54) is 0 Å². The molecule has 0 aliphatic heterocycles. The molecule has 0 aliphatic carbocycles. The molecule has 2 aromatic rings. The van der Waals surface area contributed by atoms with Gasteiger partial charge in [0.15, 0.2) is 5.41 Å². The van der Waals surface area contributed by atoms with Crippen LogP contribution in [0.15, 0.2) is 54.6 Å². The van der Waals surface area contributed by atoms with Crippen LogP contribution < -0.4 is 4.74 Å². The van der Waals surface area contributed by atoms with E-state index < -0.39 is 17.4 Å². The van der Waals surface area contributed by atoms with Crippen LogP contribution in [-0.2, 0) is 32.1 Å². The van der Waals surface area contributed by atoms with E-state index in [1.807, 2.05) is 54.6 Å². The molecule has 5 nitrogen and oxygen atoms in total. The fraction of sp³-hybridized carbons (Fsp3) is 0.391. The highest BCUT2D eigenvalue weighted by Crippen LogP contribution is 2.30. The third kappa shape index (κ3) is 5.59. The molecule has 0 heterocycles. The normalized spacial score (nSPS) is 11.0. The Labute approximate surface area is 166 Å². The summed E-state index contributed by atoms with van der Waals surface area (Å²) in [5.41, 5.74) is 0.650. The predicted octanol–water partition coefficient (Wildman–Crippen LogP) is 4.33. The lowest BCUT2D eigenvalue weighted by molar-refractivity contribution is -0.171. The van der Waals surface area contributed by atoms with Crippen molar-refractivity contribution >= 4 is 11.9 Å². The third-order valence-electron chi connectivity index (χ3n) is 4.56. The van der Waals surface area contributed by atoms with E-state index in [0.29, 0.717) is 13.0 Å². The Morgan fingerprint density at radius 1 is 0.857 bits per heavy atom. The van der Waals surface area contributed by atoms with Crippen LogP contribution in [-0.4, -0.2) is 25.2 Å². The Morgan fingerprint density at radius 2 is 1.43 bits per heavy atom. The Morgan fingerprint density at radius 3 is 2.04 bits per heavy atom. The van der Waals surface area contributed by atoms with E-state index >= 15 is 0 Å². The van der Waals surface area contributed by atoms with Crippen molar-refractivity contribution in [2.24, 2.45) is 5.41 Å². The molecule has 0 aliphatic rings. The molecule has 0 spiro atoms. The summed E-state index contributed by atoms with van der Waals surface area (Å²) in [7, 11) is 0. The van der Waals surface area contributed by atoms with Gasteiger partial charge in [-0.15, -0.1) is 0 Å². The summed E-state index contributed by atoms with van der Waals surface area (Å²) in [5.74, 6) is -0.381. The molecule has 0 aromatic heterocycles. The van der Waals surface area contributed by atoms with Crippen LogP contribution >= 0.6 is 0 Å². The first-order chi connectivity index (χ1) is 13.5. The van der Waals surface area contributed by atoms with E-state index in [1.54, 1.807) is 20.8 Å². The Balaban J connectivity index is 2.12. The Hall–Kier alpha value is -2.82. The van der Waals surface area contributed by atoms with Crippen LogP contribution in [0.4, 0.5) is 0 Å². The van der Waals surface area contributed by atoms with Crippen molar-refractivity contribution in [1.29, 1.82) is 0 Å². The summed E-state index contributed by atoms with van der Waals surface area (Å²) in [6, 6.07) is 17.5. The highest BCUT2D eigenvalue weighted by Gasteiger charge is 2.43. The van der Waals surface area contributed by atoms with Gasteiger partial charge in [0.1, 0.15) is 12.4 Å². The monoisotopic (exact) mass is 384 g/mol. The number of para-hydroxylation sites is 1. The molecule has 0 saturated heterocycles. The summed E-state index contributed by atoms with van der Waals surface area (Å²) in [6.07, 6.45) is 0.759. The highest BCUT2D eigenvalue weighted by molar-refractivity contribution is 5.99. The van der Waals surface area contributed by atoms with Gasteiger partial charge < -0.3 is 14.2 Å². The first-order valence-electron chi connectivity index (χ1n) is 9.60. The van der Waals surface area contributed by atoms with Crippen LogP contribution in [0.2, 0.25) is 0 Å². The summed E-state index contributed by atoms with van der Waals surface area (Å²) < 4.78 is 16.2. The van der Waals surface area contributed by atoms with Gasteiger partial charge in [0, 0.05) is 0 Å². The summed E-state index contributed by atoms with van der Waals surface area (Å²) in [4.78, 5) is 24.9. The minimum atomic E-state index is -1.35. The zero-order chi connectivity index (χ0) is 20.4. The first kappa shape index (κ1) is 21.5. The van der Waals surface area contributed by atoms with E-state index in [4.69, 9.17) is 14.2 Å². The molecule has 5 heteroatoms. The number of esters is 2. The molecule has 2 aromatic carbocycles. The number of aryl methyl sites for hydroxylation is 1. The molecule has 2 rings (SSSR count). The summed E-state index contributed by atoms with van der Waals surface area (Å²) in [6.45, 7) is 5.89. The van der Waals surface area contributed by atoms with E-state index in [0.717, 1.165) is 16.9 Å². The van der Waals surface area contributed by atoms with Crippen molar-refractivity contribution < 1.29 is 23.8 Å². The van der Waals surface area contributed by atoms with Crippen LogP contribution in [0, 0.1) is 5.41 Å². The van der Waals surface area contributed by atoms with Gasteiger partial charge in [0.05, 0.1) is 13.2 Å². The van der Waals surface area contributed by atoms with Crippen molar-refractivity contribution in [1.82, 2.24) is 0 Å². The van der Waals surface area contributed by atoms with Gasteiger partial charge >= 0.3 is 11.9 Å². The standard InChI is InChI=1S/C23H28O5/c1-4-26-21(24)23(3,22(25)27-5-2)16-15-19-13-9-10-14-20(19)28-17-18-11-7-6-8-12-18/h6-14H,4-5,15-17H2,1-3H3. The third-order valence-corrected chi connectivity index (χ3v) is 4.56. The van der Waals surface area contributed by atoms with Crippen LogP contribution in [0.1, 0.15) is 38.3 Å². The maximum atomic E-state index is 12.4. The number of benzene rings is 2. The van der Waals surface area contributed by atoms with Crippen molar-refractivity contribution in [3.63, 3.8) is 0 Å². The molecule has 0 saturated carbocycles. The molecule has 0 atom stereocenters. The topological polar surface area (TPSA) is 61.8 Å². The number of hydrogen-bond donors (Lipinski definition) is 0. The molecule has 0 amide bonds. The van der Waals surface area contributed by atoms with Gasteiger partial charge in [-0.1, -0.05) is 48.5 Å². The number of hydrogen-bond acceptors (Lipinski definition) is 5. The largest absolute Gasteiger partial charge is 0.489 e. The molecule has 0 fully saturated rings. The zero-order valence-corrected chi connectivity index (χ0v) is 16.8. The van der Waals surface area contributed by atoms with E-state index in [-0.39, 0.29) is 19.6 Å². The SMILES string of the molecule is CCOC(=O)C(C)(CCc1ccccc1OCc1ccccc1)C(=O)OCC. The predicted molar refractivity (Wildman–Crippen MR) is 107 cm³/mol. The lowest BCUT2D eigenvalue weighted by Crippen LogP contribution is -2.40. The first-order valence-corrected chi connectivity index (χ1v) is 9.60. The average Bonchev–Trinajstić information content (AvgIpc) is 2.72. The van der Waals surface area contributed by atoms with Gasteiger partial charge in [0.25, 0.3) is 0 Å². The molecular weight excluding hydrogens is 356 g/mol. The van der Waals surface area contributed by atoms with Gasteiger partial charge in [-0.2, -0.15) is 0 Å². The lowest BCUT2D eigenvalue weighted by atomic mass is 9.84. The van der Waals surface area contributed by atoms with Gasteiger partial charge in [-0.25, -0.2) is 0 Å². The van der Waals surface area contributed by atoms with Gasteiger partial charge in [-0.05, 0) is 50.8 Å². The van der Waals surface area contributed by atoms with Crippen molar-refractivity contribution in [3.8, 4) is 5.75 Å². The second-order valence-electron chi connectivity index (χ2n) is 6.66. The Kier molecular flexibility index (Phi) is 8.05. The molecule has 28 heavy (non-hydrogen) atoms. The quantitative estimate of drug-likeness (QED) is 0.451. The maximum absolute atomic E-state index is 12.4. The number of carbonyl (C=O) groups excluding carboxylic acids is 2. The fourth-order valence-corrected chi connectivity index (χ4v) is 2.84. The van der Waals surface area contributed by atoms with Crippen molar-refractivity contribution in [3.05, 3.63) is 65.7 Å². The highest BCUT2D eigenvalue weighted by atomic mass is 16.6. The second-order valence-corrected chi connectivity index (χ2v) is 6.66. The lowest BCUT2D eigenvalue weighted by Gasteiger charge is -2.25. The van der Waals surface area contributed by atoms with Crippen molar-refractivity contribution in [2.45, 2.75) is 40.2 Å². The molecule has 150 valence electrons. The second kappa shape index (κ2) is 10.5. The van der Waals surface area contributed by atoms with Crippen molar-refractivity contribution in [2.75, 3.05) is 13.2 Å². The van der Waals surface area contributed by atoms with Crippen LogP contribution in [0.25, 0.3) is 0 Å². The van der Waals surface area contributed by atoms with Gasteiger partial charge in [-0.3, -0.25) is 9.59 Å². The molecule has 0 N–H and O–H groups in total. The molecule has 0 unspecified atom stereocenters. The fourth-order valence-electron chi connectivity index (χ4n) is 2.84. The average molecular weight is 384 g/mol. The molecule has 0 bridgehead atoms. The molecule has 0 radical (unpaired) electrons. The zero-order valence-electron chi connectivity index (χ0n) is 16.8. The van der Waals surface area contributed by atoms with E-state index in [9.17, 15) is 9.59 Å². The summed E-state index contributed by atoms with van der Waals surface area (Å²) in [5, 5.41) is 0. The number of carbonyl (C=O) groups is 2. The summed E-state index contributed by atoms with van der Waals surface area (Å²) >= 11 is 0. The van der Waals surface area contributed by atoms with Gasteiger partial charge in [0.2, 0.25) is 0 Å². The molecular formula is C23H28O5. The Bertz CT molecular complexity index is 752.